The van der Waals surface area contributed by atoms with E-state index < -0.39 is 0 Å². The molecule has 0 fully saturated rings. The number of aromatic nitrogens is 3. The second kappa shape index (κ2) is 5.56. The zero-order chi connectivity index (χ0) is 16.7. The van der Waals surface area contributed by atoms with Crippen LogP contribution in [0.15, 0.2) is 53.8 Å². The number of hydrogen-bond donors (Lipinski definition) is 0. The summed E-state index contributed by atoms with van der Waals surface area (Å²) in [5.41, 5.74) is 5.04. The highest BCUT2D eigenvalue weighted by Gasteiger charge is 2.27. The fraction of sp³-hybridized carbons (Fsp3) is 0.211. The Hall–Kier alpha value is -2.46. The number of benzene rings is 1. The van der Waals surface area contributed by atoms with Gasteiger partial charge in [0.1, 0.15) is 5.69 Å². The lowest BCUT2D eigenvalue weighted by Gasteiger charge is -2.24. The van der Waals surface area contributed by atoms with Crippen molar-refractivity contribution in [1.29, 1.82) is 0 Å². The Morgan fingerprint density at radius 2 is 1.71 bits per heavy atom. The van der Waals surface area contributed by atoms with Crippen molar-refractivity contribution in [3.05, 3.63) is 59.5 Å². The van der Waals surface area contributed by atoms with E-state index in [0.717, 1.165) is 39.6 Å². The van der Waals surface area contributed by atoms with Crippen LogP contribution < -0.4 is 0 Å². The van der Waals surface area contributed by atoms with Crippen LogP contribution in [0.4, 0.5) is 0 Å². The van der Waals surface area contributed by atoms with Crippen LogP contribution in [0.25, 0.3) is 22.4 Å². The number of halogens is 1. The lowest BCUT2D eigenvalue weighted by atomic mass is 9.98. The number of pyridine rings is 1. The highest BCUT2D eigenvalue weighted by atomic mass is 35.5. The number of fused-ring (bicyclic) bond motifs is 1. The first-order valence-corrected chi connectivity index (χ1v) is 8.24. The maximum absolute atomic E-state index is 6.04. The summed E-state index contributed by atoms with van der Waals surface area (Å²) in [5, 5.41) is 5.60. The zero-order valence-electron chi connectivity index (χ0n) is 13.6. The molecule has 0 spiro atoms. The SMILES string of the molecule is CC1(C)Cn2nc(-c3ccc(Cl)cc3)c(-c3ccncc3)c2C=N1. The molecule has 0 bridgehead atoms. The Balaban J connectivity index is 1.95. The summed E-state index contributed by atoms with van der Waals surface area (Å²) in [6, 6.07) is 11.8. The van der Waals surface area contributed by atoms with E-state index in [1.54, 1.807) is 12.4 Å². The predicted molar refractivity (Wildman–Crippen MR) is 97.6 cm³/mol. The highest BCUT2D eigenvalue weighted by molar-refractivity contribution is 6.30. The Kier molecular flexibility index (Phi) is 3.50. The van der Waals surface area contributed by atoms with Crippen molar-refractivity contribution in [2.24, 2.45) is 4.99 Å². The minimum atomic E-state index is -0.147. The molecule has 5 heteroatoms. The van der Waals surface area contributed by atoms with Gasteiger partial charge in [-0.1, -0.05) is 23.7 Å². The zero-order valence-corrected chi connectivity index (χ0v) is 14.3. The van der Waals surface area contributed by atoms with Crippen LogP contribution in [0.1, 0.15) is 19.5 Å². The van der Waals surface area contributed by atoms with E-state index in [1.807, 2.05) is 47.3 Å². The molecule has 1 aliphatic heterocycles. The lowest BCUT2D eigenvalue weighted by Crippen LogP contribution is -2.30. The first kappa shape index (κ1) is 15.1. The molecular formula is C19H17ClN4. The normalized spacial score (nSPS) is 15.3. The molecule has 3 aromatic rings. The molecule has 0 unspecified atom stereocenters. The summed E-state index contributed by atoms with van der Waals surface area (Å²) in [4.78, 5) is 8.81. The van der Waals surface area contributed by atoms with Gasteiger partial charge in [0.25, 0.3) is 0 Å². The smallest absolute Gasteiger partial charge is 0.101 e. The van der Waals surface area contributed by atoms with Gasteiger partial charge in [-0.3, -0.25) is 14.7 Å². The number of nitrogens with zero attached hydrogens (tertiary/aromatic N) is 4. The number of hydrogen-bond acceptors (Lipinski definition) is 3. The quantitative estimate of drug-likeness (QED) is 0.692. The molecule has 0 saturated heterocycles. The first-order chi connectivity index (χ1) is 11.5. The summed E-state index contributed by atoms with van der Waals surface area (Å²) < 4.78 is 2.05. The van der Waals surface area contributed by atoms with Crippen LogP contribution in [-0.2, 0) is 6.54 Å². The summed E-state index contributed by atoms with van der Waals surface area (Å²) in [6.45, 7) is 4.98. The average Bonchev–Trinajstić information content (AvgIpc) is 2.93. The Morgan fingerprint density at radius 1 is 1.00 bits per heavy atom. The van der Waals surface area contributed by atoms with E-state index in [9.17, 15) is 0 Å². The number of rotatable bonds is 2. The van der Waals surface area contributed by atoms with E-state index in [4.69, 9.17) is 16.7 Å². The molecule has 0 amide bonds. The van der Waals surface area contributed by atoms with E-state index in [2.05, 4.69) is 23.8 Å². The van der Waals surface area contributed by atoms with Crippen LogP contribution >= 0.6 is 11.6 Å². The predicted octanol–water partition coefficient (Wildman–Crippen LogP) is 4.48. The maximum Gasteiger partial charge on any atom is 0.101 e. The van der Waals surface area contributed by atoms with E-state index in [-0.39, 0.29) is 5.54 Å². The van der Waals surface area contributed by atoms with Gasteiger partial charge in [-0.15, -0.1) is 0 Å². The third-order valence-electron chi connectivity index (χ3n) is 4.15. The Bertz CT molecular complexity index is 909. The molecule has 1 aliphatic rings. The van der Waals surface area contributed by atoms with E-state index in [1.165, 1.54) is 0 Å². The molecule has 0 aliphatic carbocycles. The van der Waals surface area contributed by atoms with Crippen LogP contribution in [-0.4, -0.2) is 26.5 Å². The fourth-order valence-electron chi connectivity index (χ4n) is 2.98. The Labute approximate surface area is 145 Å². The monoisotopic (exact) mass is 336 g/mol. The summed E-state index contributed by atoms with van der Waals surface area (Å²) in [6.07, 6.45) is 5.54. The first-order valence-electron chi connectivity index (χ1n) is 7.86. The molecule has 24 heavy (non-hydrogen) atoms. The molecule has 0 atom stereocenters. The molecule has 4 rings (SSSR count). The molecule has 0 saturated carbocycles. The molecule has 4 nitrogen and oxygen atoms in total. The van der Waals surface area contributed by atoms with E-state index >= 15 is 0 Å². The van der Waals surface area contributed by atoms with Crippen molar-refractivity contribution in [2.75, 3.05) is 0 Å². The van der Waals surface area contributed by atoms with Gasteiger partial charge in [-0.05, 0) is 43.7 Å². The van der Waals surface area contributed by atoms with Crippen molar-refractivity contribution < 1.29 is 0 Å². The van der Waals surface area contributed by atoms with Crippen molar-refractivity contribution in [3.63, 3.8) is 0 Å². The second-order valence-corrected chi connectivity index (χ2v) is 7.02. The minimum Gasteiger partial charge on any atom is -0.283 e. The summed E-state index contributed by atoms with van der Waals surface area (Å²) in [7, 11) is 0. The van der Waals surface area contributed by atoms with Crippen molar-refractivity contribution in [3.8, 4) is 22.4 Å². The van der Waals surface area contributed by atoms with Crippen LogP contribution in [0, 0.1) is 0 Å². The van der Waals surface area contributed by atoms with Gasteiger partial charge in [-0.2, -0.15) is 5.10 Å². The fourth-order valence-corrected chi connectivity index (χ4v) is 3.11. The lowest BCUT2D eigenvalue weighted by molar-refractivity contribution is 0.401. The van der Waals surface area contributed by atoms with Crippen molar-refractivity contribution in [1.82, 2.24) is 14.8 Å². The molecule has 2 aromatic heterocycles. The van der Waals surface area contributed by atoms with Gasteiger partial charge in [0, 0.05) is 34.8 Å². The third-order valence-corrected chi connectivity index (χ3v) is 4.40. The number of aliphatic imine (C=N–C) groups is 1. The third kappa shape index (κ3) is 2.63. The summed E-state index contributed by atoms with van der Waals surface area (Å²) >= 11 is 6.04. The van der Waals surface area contributed by atoms with Gasteiger partial charge in [-0.25, -0.2) is 0 Å². The van der Waals surface area contributed by atoms with E-state index in [0.29, 0.717) is 0 Å². The van der Waals surface area contributed by atoms with Gasteiger partial charge in [0.05, 0.1) is 17.8 Å². The molecule has 1 aromatic carbocycles. The van der Waals surface area contributed by atoms with Gasteiger partial charge < -0.3 is 0 Å². The minimum absolute atomic E-state index is 0.147. The van der Waals surface area contributed by atoms with Crippen molar-refractivity contribution in [2.45, 2.75) is 25.9 Å². The van der Waals surface area contributed by atoms with Crippen LogP contribution in [0.2, 0.25) is 5.02 Å². The van der Waals surface area contributed by atoms with Crippen LogP contribution in [0.3, 0.4) is 0 Å². The average molecular weight is 337 g/mol. The van der Waals surface area contributed by atoms with Gasteiger partial charge >= 0.3 is 0 Å². The summed E-state index contributed by atoms with van der Waals surface area (Å²) in [5.74, 6) is 0. The van der Waals surface area contributed by atoms with Crippen LogP contribution in [0.5, 0.6) is 0 Å². The second-order valence-electron chi connectivity index (χ2n) is 6.58. The Morgan fingerprint density at radius 3 is 2.42 bits per heavy atom. The molecule has 0 N–H and O–H groups in total. The largest absolute Gasteiger partial charge is 0.283 e. The highest BCUT2D eigenvalue weighted by Crippen LogP contribution is 2.36. The molecular weight excluding hydrogens is 320 g/mol. The van der Waals surface area contributed by atoms with Gasteiger partial charge in [0.2, 0.25) is 0 Å². The standard InChI is InChI=1S/C19H17ClN4/c1-19(2)12-24-16(11-22-19)17(13-7-9-21-10-8-13)18(23-24)14-3-5-15(20)6-4-14/h3-11H,12H2,1-2H3. The molecule has 120 valence electrons. The van der Waals surface area contributed by atoms with Crippen molar-refractivity contribution >= 4 is 17.8 Å². The molecule has 3 heterocycles. The topological polar surface area (TPSA) is 43.1 Å². The van der Waals surface area contributed by atoms with Gasteiger partial charge in [0.15, 0.2) is 0 Å². The maximum atomic E-state index is 6.04. The molecule has 0 radical (unpaired) electrons.